The van der Waals surface area contributed by atoms with Gasteiger partial charge in [0.25, 0.3) is 0 Å². The zero-order valence-corrected chi connectivity index (χ0v) is 16.2. The van der Waals surface area contributed by atoms with Crippen LogP contribution in [0.2, 0.25) is 0 Å². The highest BCUT2D eigenvalue weighted by Crippen LogP contribution is 2.36. The molecule has 0 bridgehead atoms. The molecule has 0 radical (unpaired) electrons. The Labute approximate surface area is 173 Å². The molecule has 3 heterocycles. The fourth-order valence-electron chi connectivity index (χ4n) is 4.32. The van der Waals surface area contributed by atoms with Crippen LogP contribution < -0.4 is 11.1 Å². The Kier molecular flexibility index (Phi) is 3.64. The van der Waals surface area contributed by atoms with Crippen molar-refractivity contribution in [3.63, 3.8) is 0 Å². The molecule has 1 atom stereocenters. The van der Waals surface area contributed by atoms with E-state index in [-0.39, 0.29) is 6.17 Å². The first kappa shape index (κ1) is 16.9. The number of anilines is 1. The van der Waals surface area contributed by atoms with Gasteiger partial charge < -0.3 is 10.3 Å². The molecular weight excluding hydrogens is 372 g/mol. The Morgan fingerprint density at radius 1 is 0.867 bits per heavy atom. The van der Waals surface area contributed by atoms with Gasteiger partial charge in [-0.05, 0) is 23.8 Å². The van der Waals surface area contributed by atoms with Gasteiger partial charge in [0, 0.05) is 29.2 Å². The summed E-state index contributed by atoms with van der Waals surface area (Å²) in [6.45, 7) is 0.795. The third-order valence-corrected chi connectivity index (χ3v) is 5.63. The molecule has 146 valence electrons. The van der Waals surface area contributed by atoms with Crippen LogP contribution in [0.1, 0.15) is 17.3 Å². The third-order valence-electron chi connectivity index (χ3n) is 5.63. The van der Waals surface area contributed by atoms with E-state index in [0.717, 1.165) is 23.1 Å². The maximum Gasteiger partial charge on any atom is 0.212 e. The second-order valence-electron chi connectivity index (χ2n) is 7.52. The average molecular weight is 392 g/mol. The molecule has 30 heavy (non-hydrogen) atoms. The van der Waals surface area contributed by atoms with Crippen LogP contribution >= 0.6 is 0 Å². The number of nitrogens with one attached hydrogen (secondary N) is 1. The van der Waals surface area contributed by atoms with Crippen LogP contribution in [-0.4, -0.2) is 20.1 Å². The fourth-order valence-corrected chi connectivity index (χ4v) is 4.32. The third kappa shape index (κ3) is 2.58. The minimum absolute atomic E-state index is 0.282. The van der Waals surface area contributed by atoms with E-state index in [0.29, 0.717) is 11.9 Å². The van der Waals surface area contributed by atoms with Gasteiger partial charge in [-0.1, -0.05) is 60.7 Å². The summed E-state index contributed by atoms with van der Waals surface area (Å²) in [5, 5.41) is 4.28. The molecule has 6 heteroatoms. The minimum atomic E-state index is -0.282. The predicted octanol–water partition coefficient (Wildman–Crippen LogP) is 4.33. The van der Waals surface area contributed by atoms with Crippen molar-refractivity contribution in [2.45, 2.75) is 12.7 Å². The van der Waals surface area contributed by atoms with Crippen molar-refractivity contribution in [1.82, 2.24) is 14.1 Å². The Bertz CT molecular complexity index is 1410. The summed E-state index contributed by atoms with van der Waals surface area (Å²) in [5.74, 6) is 1.09. The molecule has 0 spiro atoms. The summed E-state index contributed by atoms with van der Waals surface area (Å²) in [6.07, 6.45) is 1.92. The minimum Gasteiger partial charge on any atom is -0.370 e. The second-order valence-corrected chi connectivity index (χ2v) is 7.52. The number of aromatic nitrogens is 3. The lowest BCUT2D eigenvalue weighted by atomic mass is 10.1. The van der Waals surface area contributed by atoms with E-state index in [1.165, 1.54) is 16.5 Å². The Hall–Kier alpha value is -4.06. The first-order chi connectivity index (χ1) is 14.8. The monoisotopic (exact) mass is 392 g/mol. The van der Waals surface area contributed by atoms with Gasteiger partial charge in [0.1, 0.15) is 0 Å². The summed E-state index contributed by atoms with van der Waals surface area (Å²) in [7, 11) is 0. The highest BCUT2D eigenvalue weighted by atomic mass is 15.4. The van der Waals surface area contributed by atoms with Gasteiger partial charge in [-0.3, -0.25) is 9.88 Å². The molecule has 0 fully saturated rings. The van der Waals surface area contributed by atoms with Crippen molar-refractivity contribution in [2.75, 3.05) is 5.32 Å². The van der Waals surface area contributed by atoms with Gasteiger partial charge in [0.2, 0.25) is 5.95 Å². The molecule has 3 aromatic carbocycles. The normalized spacial score (nSPS) is 15.7. The molecular formula is C24H20N6. The summed E-state index contributed by atoms with van der Waals surface area (Å²) >= 11 is 0. The number of nitrogens with zero attached hydrogens (tertiary/aromatic N) is 4. The maximum absolute atomic E-state index is 6.15. The van der Waals surface area contributed by atoms with Crippen molar-refractivity contribution >= 4 is 33.8 Å². The summed E-state index contributed by atoms with van der Waals surface area (Å²) in [4.78, 5) is 9.50. The van der Waals surface area contributed by atoms with Crippen molar-refractivity contribution in [2.24, 2.45) is 10.7 Å². The van der Waals surface area contributed by atoms with E-state index < -0.39 is 0 Å². The number of benzene rings is 3. The lowest BCUT2D eigenvalue weighted by molar-refractivity contribution is 0.627. The van der Waals surface area contributed by atoms with Crippen molar-refractivity contribution in [3.05, 3.63) is 96.2 Å². The number of nitrogens with two attached hydrogens (primary N) is 1. The molecule has 6 rings (SSSR count). The molecule has 1 unspecified atom stereocenters. The summed E-state index contributed by atoms with van der Waals surface area (Å²) in [5.41, 5.74) is 11.6. The highest BCUT2D eigenvalue weighted by Gasteiger charge is 2.27. The van der Waals surface area contributed by atoms with Crippen molar-refractivity contribution < 1.29 is 0 Å². The zero-order chi connectivity index (χ0) is 20.1. The standard InChI is InChI=1S/C24H20N6/c25-23-27-22(30-21-13-7-5-11-19(21)26-24(30)28-23)18-15-29(14-16-8-2-1-3-9-16)20-12-6-4-10-17(18)20/h1-13,15,22H,14H2,(H3,25,26,27,28). The number of para-hydroxylation sites is 3. The van der Waals surface area contributed by atoms with Gasteiger partial charge in [-0.15, -0.1) is 0 Å². The predicted molar refractivity (Wildman–Crippen MR) is 121 cm³/mol. The topological polar surface area (TPSA) is 73.2 Å². The van der Waals surface area contributed by atoms with E-state index in [1.54, 1.807) is 0 Å². The van der Waals surface area contributed by atoms with Gasteiger partial charge in [-0.25, -0.2) is 9.98 Å². The number of guanidine groups is 1. The molecule has 0 amide bonds. The number of hydrogen-bond donors (Lipinski definition) is 2. The summed E-state index contributed by atoms with van der Waals surface area (Å²) in [6, 6.07) is 27.0. The number of hydrogen-bond acceptors (Lipinski definition) is 4. The fraction of sp³-hybridized carbons (Fsp3) is 0.0833. The first-order valence-electron chi connectivity index (χ1n) is 9.97. The lowest BCUT2D eigenvalue weighted by Gasteiger charge is -2.23. The molecule has 6 nitrogen and oxygen atoms in total. The average Bonchev–Trinajstić information content (AvgIpc) is 3.32. The van der Waals surface area contributed by atoms with Crippen LogP contribution in [0, 0.1) is 0 Å². The number of imidazole rings is 1. The number of fused-ring (bicyclic) bond motifs is 4. The van der Waals surface area contributed by atoms with Crippen LogP contribution in [0.3, 0.4) is 0 Å². The van der Waals surface area contributed by atoms with Gasteiger partial charge in [0.15, 0.2) is 12.1 Å². The first-order valence-corrected chi connectivity index (χ1v) is 9.97. The maximum atomic E-state index is 6.15. The van der Waals surface area contributed by atoms with Crippen molar-refractivity contribution in [3.8, 4) is 0 Å². The number of aliphatic imine (C=N–C) groups is 1. The van der Waals surface area contributed by atoms with Crippen LogP contribution in [0.15, 0.2) is 90.1 Å². The zero-order valence-electron chi connectivity index (χ0n) is 16.2. The molecule has 1 aliphatic heterocycles. The lowest BCUT2D eigenvalue weighted by Crippen LogP contribution is -2.31. The van der Waals surface area contributed by atoms with Gasteiger partial charge in [0.05, 0.1) is 11.0 Å². The smallest absolute Gasteiger partial charge is 0.212 e. The van der Waals surface area contributed by atoms with Crippen LogP contribution in [-0.2, 0) is 6.54 Å². The van der Waals surface area contributed by atoms with Crippen LogP contribution in [0.4, 0.5) is 5.95 Å². The van der Waals surface area contributed by atoms with E-state index in [9.17, 15) is 0 Å². The van der Waals surface area contributed by atoms with Crippen LogP contribution in [0.25, 0.3) is 21.9 Å². The van der Waals surface area contributed by atoms with E-state index in [1.807, 2.05) is 24.3 Å². The second kappa shape index (κ2) is 6.49. The molecule has 1 aliphatic rings. The molecule has 5 aromatic rings. The molecule has 0 saturated heterocycles. The van der Waals surface area contributed by atoms with E-state index >= 15 is 0 Å². The van der Waals surface area contributed by atoms with Gasteiger partial charge in [-0.2, -0.15) is 0 Å². The number of rotatable bonds is 3. The Morgan fingerprint density at radius 3 is 2.47 bits per heavy atom. The van der Waals surface area contributed by atoms with Crippen molar-refractivity contribution in [1.29, 1.82) is 0 Å². The van der Waals surface area contributed by atoms with Crippen LogP contribution in [0.5, 0.6) is 0 Å². The van der Waals surface area contributed by atoms with Gasteiger partial charge >= 0.3 is 0 Å². The van der Waals surface area contributed by atoms with E-state index in [4.69, 9.17) is 15.7 Å². The molecule has 0 saturated carbocycles. The molecule has 3 N–H and O–H groups in total. The molecule has 2 aromatic heterocycles. The Balaban J connectivity index is 1.56. The summed E-state index contributed by atoms with van der Waals surface area (Å²) < 4.78 is 4.41. The Morgan fingerprint density at radius 2 is 1.60 bits per heavy atom. The largest absolute Gasteiger partial charge is 0.370 e. The highest BCUT2D eigenvalue weighted by molar-refractivity contribution is 5.95. The molecule has 0 aliphatic carbocycles. The quantitative estimate of drug-likeness (QED) is 0.480. The SMILES string of the molecule is NC1=NC(c2cn(Cc3ccccc3)c3ccccc23)n2c(nc3ccccc32)N1. The van der Waals surface area contributed by atoms with E-state index in [2.05, 4.69) is 75.2 Å².